The molecule has 0 spiro atoms. The first-order valence-electron chi connectivity index (χ1n) is 8.34. The Morgan fingerprint density at radius 2 is 2.11 bits per heavy atom. The number of hydrogen-bond donors (Lipinski definition) is 3. The fraction of sp³-hybridized carbons (Fsp3) is 0.294. The summed E-state index contributed by atoms with van der Waals surface area (Å²) in [6.45, 7) is 0. The van der Waals surface area contributed by atoms with Crippen molar-refractivity contribution in [2.75, 3.05) is 12.8 Å². The Kier molecular flexibility index (Phi) is 4.09. The molecule has 3 aromatic rings. The van der Waals surface area contributed by atoms with Gasteiger partial charge in [-0.25, -0.2) is 9.98 Å². The molecule has 28 heavy (non-hydrogen) atoms. The second-order valence-corrected chi connectivity index (χ2v) is 6.45. The summed E-state index contributed by atoms with van der Waals surface area (Å²) in [5, 5.41) is 6.11. The lowest BCUT2D eigenvalue weighted by Gasteiger charge is -2.08. The van der Waals surface area contributed by atoms with Crippen LogP contribution in [0, 0.1) is 5.92 Å². The number of amidine groups is 1. The van der Waals surface area contributed by atoms with Crippen LogP contribution >= 0.6 is 0 Å². The van der Waals surface area contributed by atoms with Crippen LogP contribution in [0.25, 0.3) is 10.9 Å². The summed E-state index contributed by atoms with van der Waals surface area (Å²) in [6.07, 6.45) is -2.87. The molecule has 0 bridgehead atoms. The van der Waals surface area contributed by atoms with Gasteiger partial charge in [0.2, 0.25) is 5.95 Å². The molecule has 1 aliphatic carbocycles. The Labute approximate surface area is 156 Å². The van der Waals surface area contributed by atoms with E-state index in [4.69, 9.17) is 16.2 Å². The fourth-order valence-electron chi connectivity index (χ4n) is 3.25. The molecule has 1 saturated carbocycles. The number of anilines is 1. The molecule has 1 aromatic carbocycles. The van der Waals surface area contributed by atoms with Crippen LogP contribution in [0.2, 0.25) is 0 Å². The normalized spacial score (nSPS) is 19.8. The van der Waals surface area contributed by atoms with Crippen molar-refractivity contribution in [1.82, 2.24) is 20.2 Å². The molecule has 8 nitrogen and oxygen atoms in total. The van der Waals surface area contributed by atoms with Gasteiger partial charge in [-0.2, -0.15) is 23.3 Å². The number of nitrogen functional groups attached to an aromatic ring is 1. The summed E-state index contributed by atoms with van der Waals surface area (Å²) in [5.41, 5.74) is 11.6. The summed E-state index contributed by atoms with van der Waals surface area (Å²) < 4.78 is 44.5. The number of para-hydroxylation sites is 1. The number of nitrogens with zero attached hydrogens (tertiary/aromatic N) is 4. The van der Waals surface area contributed by atoms with Crippen LogP contribution in [0.5, 0.6) is 5.75 Å². The minimum atomic E-state index is -4.50. The Morgan fingerprint density at radius 1 is 1.32 bits per heavy atom. The van der Waals surface area contributed by atoms with Crippen molar-refractivity contribution in [2.24, 2.45) is 16.6 Å². The van der Waals surface area contributed by atoms with E-state index in [1.54, 1.807) is 18.2 Å². The zero-order valence-corrected chi connectivity index (χ0v) is 14.7. The van der Waals surface area contributed by atoms with E-state index in [1.165, 1.54) is 13.3 Å². The number of alkyl halides is 3. The number of nitrogens with two attached hydrogens (primary N) is 2. The molecule has 0 aliphatic heterocycles. The summed E-state index contributed by atoms with van der Waals surface area (Å²) >= 11 is 0. The average molecular weight is 391 g/mol. The number of aromatic nitrogens is 4. The number of rotatable bonds is 4. The van der Waals surface area contributed by atoms with Gasteiger partial charge in [0.25, 0.3) is 0 Å². The second-order valence-electron chi connectivity index (χ2n) is 6.45. The van der Waals surface area contributed by atoms with Gasteiger partial charge in [0.1, 0.15) is 22.8 Å². The minimum Gasteiger partial charge on any atom is -0.494 e. The highest BCUT2D eigenvalue weighted by molar-refractivity contribution is 5.97. The molecule has 1 aliphatic rings. The lowest BCUT2D eigenvalue weighted by Crippen LogP contribution is -2.16. The van der Waals surface area contributed by atoms with Crippen molar-refractivity contribution in [3.05, 3.63) is 35.7 Å². The molecule has 0 saturated heterocycles. The molecule has 0 radical (unpaired) electrons. The molecule has 2 unspecified atom stereocenters. The van der Waals surface area contributed by atoms with Gasteiger partial charge in [-0.15, -0.1) is 0 Å². The van der Waals surface area contributed by atoms with Crippen molar-refractivity contribution >= 4 is 28.5 Å². The predicted molar refractivity (Wildman–Crippen MR) is 96.2 cm³/mol. The molecule has 2 aromatic heterocycles. The van der Waals surface area contributed by atoms with E-state index in [0.717, 1.165) is 0 Å². The van der Waals surface area contributed by atoms with Crippen LogP contribution in [0.4, 0.5) is 24.9 Å². The van der Waals surface area contributed by atoms with Crippen molar-refractivity contribution in [1.29, 1.82) is 0 Å². The quantitative estimate of drug-likeness (QED) is 0.463. The summed E-state index contributed by atoms with van der Waals surface area (Å²) in [5.74, 6) is 0.174. The SMILES string of the molecule is COc1cccc2c(N=C(N)C3CC3c3cn[nH]c3C(F)(F)F)nc(N)nc12. The van der Waals surface area contributed by atoms with E-state index in [9.17, 15) is 13.2 Å². The molecule has 4 rings (SSSR count). The van der Waals surface area contributed by atoms with Crippen molar-refractivity contribution < 1.29 is 17.9 Å². The van der Waals surface area contributed by atoms with Gasteiger partial charge < -0.3 is 16.2 Å². The monoisotopic (exact) mass is 391 g/mol. The first-order valence-corrected chi connectivity index (χ1v) is 8.34. The number of methoxy groups -OCH3 is 1. The van der Waals surface area contributed by atoms with Crippen LogP contribution in [0.3, 0.4) is 0 Å². The zero-order valence-electron chi connectivity index (χ0n) is 14.7. The van der Waals surface area contributed by atoms with E-state index in [1.807, 2.05) is 5.10 Å². The van der Waals surface area contributed by atoms with Crippen molar-refractivity contribution in [2.45, 2.75) is 18.5 Å². The molecule has 0 amide bonds. The maximum atomic E-state index is 13.1. The smallest absolute Gasteiger partial charge is 0.433 e. The maximum absolute atomic E-state index is 13.1. The fourth-order valence-corrected chi connectivity index (χ4v) is 3.25. The predicted octanol–water partition coefficient (Wildman–Crippen LogP) is 2.75. The summed E-state index contributed by atoms with van der Waals surface area (Å²) in [6, 6.07) is 5.21. The van der Waals surface area contributed by atoms with Gasteiger partial charge in [0.05, 0.1) is 13.3 Å². The molecular weight excluding hydrogens is 375 g/mol. The molecule has 5 N–H and O–H groups in total. The third-order valence-electron chi connectivity index (χ3n) is 4.66. The number of nitrogens with one attached hydrogen (secondary N) is 1. The number of halogens is 3. The van der Waals surface area contributed by atoms with Crippen LogP contribution in [-0.2, 0) is 6.18 Å². The van der Waals surface area contributed by atoms with Gasteiger partial charge in [-0.1, -0.05) is 6.07 Å². The van der Waals surface area contributed by atoms with E-state index in [-0.39, 0.29) is 29.1 Å². The third-order valence-corrected chi connectivity index (χ3v) is 4.66. The third kappa shape index (κ3) is 3.08. The van der Waals surface area contributed by atoms with E-state index in [0.29, 0.717) is 23.1 Å². The largest absolute Gasteiger partial charge is 0.494 e. The first kappa shape index (κ1) is 18.0. The molecule has 2 heterocycles. The second kappa shape index (κ2) is 6.36. The Morgan fingerprint density at radius 3 is 2.82 bits per heavy atom. The Hall–Kier alpha value is -3.37. The highest BCUT2D eigenvalue weighted by Gasteiger charge is 2.47. The van der Waals surface area contributed by atoms with Crippen LogP contribution in [0.15, 0.2) is 29.4 Å². The standard InChI is InChI=1S/C17H16F3N7O/c1-28-11-4-2-3-7-12(11)24-16(22)26-15(7)25-14(21)9-5-8(9)10-6-23-27-13(10)17(18,19)20/h2-4,6,8-9H,5H2,1H3,(H,23,27)(H4,21,22,24,25,26). The number of fused-ring (bicyclic) bond motifs is 1. The van der Waals surface area contributed by atoms with E-state index >= 15 is 0 Å². The van der Waals surface area contributed by atoms with Crippen molar-refractivity contribution in [3.63, 3.8) is 0 Å². The van der Waals surface area contributed by atoms with E-state index < -0.39 is 17.8 Å². The first-order chi connectivity index (χ1) is 13.3. The lowest BCUT2D eigenvalue weighted by atomic mass is 10.1. The number of benzene rings is 1. The highest BCUT2D eigenvalue weighted by atomic mass is 19.4. The van der Waals surface area contributed by atoms with Gasteiger partial charge >= 0.3 is 6.18 Å². The number of hydrogen-bond acceptors (Lipinski definition) is 6. The molecular formula is C17H16F3N7O. The number of ether oxygens (including phenoxy) is 1. The topological polar surface area (TPSA) is 128 Å². The summed E-state index contributed by atoms with van der Waals surface area (Å²) in [4.78, 5) is 12.6. The number of aromatic amines is 1. The molecule has 1 fully saturated rings. The highest BCUT2D eigenvalue weighted by Crippen LogP contribution is 2.50. The number of aliphatic imine (C=N–C) groups is 1. The van der Waals surface area contributed by atoms with E-state index in [2.05, 4.69) is 20.1 Å². The van der Waals surface area contributed by atoms with Crippen LogP contribution in [-0.4, -0.2) is 33.1 Å². The molecule has 146 valence electrons. The van der Waals surface area contributed by atoms with Crippen LogP contribution in [0.1, 0.15) is 23.6 Å². The average Bonchev–Trinajstić information content (AvgIpc) is 3.27. The zero-order chi connectivity index (χ0) is 20.1. The number of H-pyrrole nitrogens is 1. The minimum absolute atomic E-state index is 0.00918. The van der Waals surface area contributed by atoms with Crippen molar-refractivity contribution in [3.8, 4) is 5.75 Å². The van der Waals surface area contributed by atoms with Gasteiger partial charge in [-0.05, 0) is 24.5 Å². The molecule has 2 atom stereocenters. The maximum Gasteiger partial charge on any atom is 0.433 e. The van der Waals surface area contributed by atoms with Crippen LogP contribution < -0.4 is 16.2 Å². The van der Waals surface area contributed by atoms with Gasteiger partial charge in [-0.3, -0.25) is 5.10 Å². The Balaban J connectivity index is 1.67. The lowest BCUT2D eigenvalue weighted by molar-refractivity contribution is -0.141. The Bertz CT molecular complexity index is 1080. The summed E-state index contributed by atoms with van der Waals surface area (Å²) in [7, 11) is 1.50. The van der Waals surface area contributed by atoms with Gasteiger partial charge in [0.15, 0.2) is 5.82 Å². The molecule has 11 heteroatoms. The van der Waals surface area contributed by atoms with Gasteiger partial charge in [0, 0.05) is 16.9 Å².